The Morgan fingerprint density at radius 3 is 2.32 bits per heavy atom. The van der Waals surface area contributed by atoms with Crippen molar-refractivity contribution in [1.29, 1.82) is 0 Å². The highest BCUT2D eigenvalue weighted by Gasteiger charge is 2.22. The highest BCUT2D eigenvalue weighted by atomic mass is 16.5. The summed E-state index contributed by atoms with van der Waals surface area (Å²) in [5, 5.41) is 0. The predicted molar refractivity (Wildman–Crippen MR) is 116 cm³/mol. The summed E-state index contributed by atoms with van der Waals surface area (Å²) in [6.45, 7) is 2.02. The van der Waals surface area contributed by atoms with Gasteiger partial charge < -0.3 is 13.9 Å². The van der Waals surface area contributed by atoms with E-state index in [-0.39, 0.29) is 12.4 Å². The number of rotatable bonds is 6. The number of aromatic nitrogens is 2. The first-order valence-corrected chi connectivity index (χ1v) is 9.98. The van der Waals surface area contributed by atoms with Gasteiger partial charge >= 0.3 is 5.97 Å². The summed E-state index contributed by atoms with van der Waals surface area (Å²) in [7, 11) is 3.53. The van der Waals surface area contributed by atoms with Crippen LogP contribution in [0.25, 0.3) is 16.6 Å². The molecule has 4 rings (SSSR count). The Hall–Kier alpha value is -3.93. The monoisotopic (exact) mass is 415 g/mol. The van der Waals surface area contributed by atoms with Crippen LogP contribution in [0.2, 0.25) is 0 Å². The van der Waals surface area contributed by atoms with E-state index >= 15 is 0 Å². The lowest BCUT2D eigenvalue weighted by atomic mass is 10.1. The van der Waals surface area contributed by atoms with Crippen molar-refractivity contribution in [1.82, 2.24) is 4.40 Å². The molecule has 0 aliphatic heterocycles. The van der Waals surface area contributed by atoms with Crippen molar-refractivity contribution in [3.63, 3.8) is 0 Å². The molecular formula is C25H23N2O4+. The maximum atomic E-state index is 13.2. The third kappa shape index (κ3) is 3.92. The molecule has 0 bridgehead atoms. The van der Waals surface area contributed by atoms with Crippen LogP contribution in [0.3, 0.4) is 0 Å². The normalized spacial score (nSPS) is 10.8. The van der Waals surface area contributed by atoms with Crippen LogP contribution >= 0.6 is 0 Å². The third-order valence-electron chi connectivity index (χ3n) is 5.16. The first kappa shape index (κ1) is 20.3. The van der Waals surface area contributed by atoms with Crippen molar-refractivity contribution in [3.05, 3.63) is 90.0 Å². The molecule has 4 aromatic rings. The van der Waals surface area contributed by atoms with Crippen LogP contribution in [0.5, 0.6) is 5.75 Å². The van der Waals surface area contributed by atoms with E-state index in [0.717, 1.165) is 11.1 Å². The van der Waals surface area contributed by atoms with Crippen LogP contribution in [0, 0.1) is 0 Å². The molecule has 0 saturated carbocycles. The van der Waals surface area contributed by atoms with Crippen molar-refractivity contribution in [2.24, 2.45) is 7.05 Å². The van der Waals surface area contributed by atoms with E-state index in [9.17, 15) is 9.59 Å². The van der Waals surface area contributed by atoms with Gasteiger partial charge in [0.25, 0.3) is 0 Å². The molecule has 0 N–H and O–H groups in total. The van der Waals surface area contributed by atoms with Crippen LogP contribution in [0.15, 0.2) is 73.2 Å². The van der Waals surface area contributed by atoms with Gasteiger partial charge in [0.05, 0.1) is 30.5 Å². The van der Waals surface area contributed by atoms with Gasteiger partial charge in [0.15, 0.2) is 12.4 Å². The molecule has 0 atom stereocenters. The van der Waals surface area contributed by atoms with E-state index in [1.807, 2.05) is 54.5 Å². The zero-order chi connectivity index (χ0) is 22.0. The molecular weight excluding hydrogens is 392 g/mol. The number of methoxy groups -OCH3 is 1. The number of hydrogen-bond donors (Lipinski definition) is 0. The summed E-state index contributed by atoms with van der Waals surface area (Å²) in [6.07, 6.45) is 5.74. The quantitative estimate of drug-likeness (QED) is 0.273. The fraction of sp³-hybridized carbons (Fsp3) is 0.160. The van der Waals surface area contributed by atoms with Crippen LogP contribution in [-0.4, -0.2) is 29.9 Å². The van der Waals surface area contributed by atoms with Gasteiger partial charge in [-0.2, -0.15) is 0 Å². The Balaban J connectivity index is 1.84. The summed E-state index contributed by atoms with van der Waals surface area (Å²) in [4.78, 5) is 25.9. The van der Waals surface area contributed by atoms with Gasteiger partial charge in [0.2, 0.25) is 5.78 Å². The summed E-state index contributed by atoms with van der Waals surface area (Å²) in [5.41, 5.74) is 3.85. The number of benzene rings is 1. The topological polar surface area (TPSA) is 60.9 Å². The highest BCUT2D eigenvalue weighted by molar-refractivity contribution is 6.11. The highest BCUT2D eigenvalue weighted by Crippen LogP contribution is 2.27. The number of carbonyl (C=O) groups is 2. The number of hydrogen-bond acceptors (Lipinski definition) is 4. The van der Waals surface area contributed by atoms with E-state index in [1.54, 1.807) is 48.8 Å². The molecule has 6 nitrogen and oxygen atoms in total. The van der Waals surface area contributed by atoms with E-state index in [4.69, 9.17) is 9.47 Å². The molecule has 0 aliphatic rings. The van der Waals surface area contributed by atoms with E-state index in [1.165, 1.54) is 0 Å². The lowest BCUT2D eigenvalue weighted by molar-refractivity contribution is -0.671. The van der Waals surface area contributed by atoms with Gasteiger partial charge in [-0.1, -0.05) is 0 Å². The molecule has 156 valence electrons. The molecule has 3 aromatic heterocycles. The standard InChI is InChI=1S/C25H23N2O4/c1-4-31-25(29)21-16-23(24(28)18-5-7-20(30-3)8-6-18)27-14-11-19(15-22(21)27)17-9-12-26(2)13-10-17/h5-16H,4H2,1-3H3/q+1. The molecule has 6 heteroatoms. The van der Waals surface area contributed by atoms with Crippen molar-refractivity contribution >= 4 is 17.3 Å². The average molecular weight is 415 g/mol. The molecule has 0 unspecified atom stereocenters. The Morgan fingerprint density at radius 1 is 0.968 bits per heavy atom. The molecule has 0 amide bonds. The molecule has 0 saturated heterocycles. The van der Waals surface area contributed by atoms with Gasteiger partial charge in [0.1, 0.15) is 12.8 Å². The van der Waals surface area contributed by atoms with Gasteiger partial charge in [0, 0.05) is 23.9 Å². The van der Waals surface area contributed by atoms with Crippen molar-refractivity contribution < 1.29 is 23.6 Å². The molecule has 0 spiro atoms. The van der Waals surface area contributed by atoms with Crippen LogP contribution < -0.4 is 9.30 Å². The van der Waals surface area contributed by atoms with Crippen molar-refractivity contribution in [2.45, 2.75) is 6.92 Å². The van der Waals surface area contributed by atoms with Crippen molar-refractivity contribution in [3.8, 4) is 16.9 Å². The maximum absolute atomic E-state index is 13.2. The molecule has 0 fully saturated rings. The minimum Gasteiger partial charge on any atom is -0.497 e. The summed E-state index contributed by atoms with van der Waals surface area (Å²) >= 11 is 0. The van der Waals surface area contributed by atoms with E-state index in [2.05, 4.69) is 0 Å². The number of ketones is 1. The fourth-order valence-electron chi connectivity index (χ4n) is 3.51. The van der Waals surface area contributed by atoms with Gasteiger partial charge in [-0.3, -0.25) is 4.79 Å². The van der Waals surface area contributed by atoms with E-state index < -0.39 is 5.97 Å². The van der Waals surface area contributed by atoms with E-state index in [0.29, 0.717) is 28.1 Å². The number of fused-ring (bicyclic) bond motifs is 1. The number of esters is 1. The molecule has 31 heavy (non-hydrogen) atoms. The fourth-order valence-corrected chi connectivity index (χ4v) is 3.51. The van der Waals surface area contributed by atoms with Gasteiger partial charge in [-0.05, 0) is 60.5 Å². The second kappa shape index (κ2) is 8.44. The zero-order valence-electron chi connectivity index (χ0n) is 17.7. The largest absolute Gasteiger partial charge is 0.497 e. The van der Waals surface area contributed by atoms with Crippen LogP contribution in [-0.2, 0) is 11.8 Å². The first-order valence-electron chi connectivity index (χ1n) is 9.98. The number of aryl methyl sites for hydroxylation is 1. The van der Waals surface area contributed by atoms with Gasteiger partial charge in [-0.15, -0.1) is 0 Å². The number of pyridine rings is 2. The summed E-state index contributed by atoms with van der Waals surface area (Å²) < 4.78 is 14.1. The van der Waals surface area contributed by atoms with Crippen molar-refractivity contribution in [2.75, 3.05) is 13.7 Å². The number of nitrogens with zero attached hydrogens (tertiary/aromatic N) is 2. The Morgan fingerprint density at radius 2 is 1.68 bits per heavy atom. The lowest BCUT2D eigenvalue weighted by Crippen LogP contribution is -2.25. The minimum atomic E-state index is -0.453. The predicted octanol–water partition coefficient (Wildman–Crippen LogP) is 3.85. The summed E-state index contributed by atoms with van der Waals surface area (Å²) in [6, 6.07) is 16.4. The number of ether oxygens (including phenoxy) is 2. The SMILES string of the molecule is CCOC(=O)c1cc(C(=O)c2ccc(OC)cc2)n2ccc(-c3cc[n+](C)cc3)cc12. The summed E-state index contributed by atoms with van der Waals surface area (Å²) in [5.74, 6) is 0.0303. The molecule has 0 aliphatic carbocycles. The molecule has 1 aromatic carbocycles. The van der Waals surface area contributed by atoms with Crippen LogP contribution in [0.4, 0.5) is 0 Å². The maximum Gasteiger partial charge on any atom is 0.340 e. The Kier molecular flexibility index (Phi) is 5.54. The second-order valence-corrected chi connectivity index (χ2v) is 7.14. The zero-order valence-corrected chi connectivity index (χ0v) is 17.7. The Bertz CT molecular complexity index is 1260. The lowest BCUT2D eigenvalue weighted by Gasteiger charge is -2.07. The minimum absolute atomic E-state index is 0.187. The van der Waals surface area contributed by atoms with Gasteiger partial charge in [-0.25, -0.2) is 9.36 Å². The third-order valence-corrected chi connectivity index (χ3v) is 5.16. The smallest absolute Gasteiger partial charge is 0.340 e. The molecule has 0 radical (unpaired) electrons. The number of carbonyl (C=O) groups excluding carboxylic acids is 2. The average Bonchev–Trinajstić information content (AvgIpc) is 3.18. The van der Waals surface area contributed by atoms with Crippen LogP contribution in [0.1, 0.15) is 33.3 Å². The first-order chi connectivity index (χ1) is 15.0. The molecule has 3 heterocycles. The Labute approximate surface area is 180 Å². The second-order valence-electron chi connectivity index (χ2n) is 7.14.